The van der Waals surface area contributed by atoms with E-state index in [1.54, 1.807) is 0 Å². The van der Waals surface area contributed by atoms with Crippen molar-refractivity contribution in [3.8, 4) is 55.9 Å². The first-order chi connectivity index (χ1) is 31.3. The third-order valence-electron chi connectivity index (χ3n) is 14.1. The first-order valence-corrected chi connectivity index (χ1v) is 21.9. The van der Waals surface area contributed by atoms with Crippen LogP contribution in [0.1, 0.15) is 22.3 Å². The van der Waals surface area contributed by atoms with Gasteiger partial charge in [0.1, 0.15) is 0 Å². The van der Waals surface area contributed by atoms with Crippen LogP contribution in [-0.2, 0) is 5.41 Å². The van der Waals surface area contributed by atoms with E-state index in [1.165, 1.54) is 122 Å². The highest BCUT2D eigenvalue weighted by atomic mass is 15.0. The van der Waals surface area contributed by atoms with Crippen LogP contribution < -0.4 is 0 Å². The van der Waals surface area contributed by atoms with E-state index in [-0.39, 0.29) is 0 Å². The lowest BCUT2D eigenvalue weighted by Gasteiger charge is -2.30. The summed E-state index contributed by atoms with van der Waals surface area (Å²) >= 11 is 0. The molecule has 10 aromatic carbocycles. The topological polar surface area (TPSA) is 9.86 Å². The molecule has 2 aromatic heterocycles. The summed E-state index contributed by atoms with van der Waals surface area (Å²) in [7, 11) is 0. The van der Waals surface area contributed by atoms with Crippen molar-refractivity contribution in [2.45, 2.75) is 5.41 Å². The fourth-order valence-corrected chi connectivity index (χ4v) is 11.7. The van der Waals surface area contributed by atoms with Crippen LogP contribution in [0.5, 0.6) is 0 Å². The lowest BCUT2D eigenvalue weighted by molar-refractivity contribution is 0.793. The second kappa shape index (κ2) is 12.9. The normalized spacial score (nSPS) is 13.2. The van der Waals surface area contributed by atoms with Gasteiger partial charge in [0.25, 0.3) is 0 Å². The average molecular weight is 799 g/mol. The molecule has 0 saturated carbocycles. The molecule has 2 aliphatic carbocycles. The SMILES string of the molecule is c1ccc(-c2ccc3c(c2)c2ccccc2n3-c2cccc3c2-c2ccccc2C32c3ccccc3-c3c(-n4c5ccccc5c5cc(-c6ccccc6)ccc54)cccc32)cc1. The van der Waals surface area contributed by atoms with E-state index in [0.29, 0.717) is 0 Å². The van der Waals surface area contributed by atoms with E-state index in [4.69, 9.17) is 0 Å². The predicted molar refractivity (Wildman–Crippen MR) is 262 cm³/mol. The molecule has 2 nitrogen and oxygen atoms in total. The van der Waals surface area contributed by atoms with Crippen molar-refractivity contribution in [1.29, 1.82) is 0 Å². The Morgan fingerprint density at radius 2 is 0.635 bits per heavy atom. The third-order valence-corrected chi connectivity index (χ3v) is 14.1. The van der Waals surface area contributed by atoms with E-state index in [1.807, 2.05) is 0 Å². The van der Waals surface area contributed by atoms with Gasteiger partial charge < -0.3 is 9.13 Å². The summed E-state index contributed by atoms with van der Waals surface area (Å²) in [4.78, 5) is 0. The maximum atomic E-state index is 2.52. The van der Waals surface area contributed by atoms with Gasteiger partial charge in [-0.05, 0) is 104 Å². The molecule has 63 heavy (non-hydrogen) atoms. The number of benzene rings is 10. The molecule has 0 aliphatic heterocycles. The Labute approximate surface area is 365 Å². The first-order valence-electron chi connectivity index (χ1n) is 21.9. The number of para-hydroxylation sites is 2. The Morgan fingerprint density at radius 1 is 0.254 bits per heavy atom. The molecule has 0 amide bonds. The van der Waals surface area contributed by atoms with Gasteiger partial charge in [0, 0.05) is 32.7 Å². The number of fused-ring (bicyclic) bond motifs is 16. The number of hydrogen-bond acceptors (Lipinski definition) is 0. The van der Waals surface area contributed by atoms with Gasteiger partial charge in [-0.3, -0.25) is 0 Å². The molecule has 1 spiro atoms. The van der Waals surface area contributed by atoms with Crippen molar-refractivity contribution in [2.24, 2.45) is 0 Å². The zero-order chi connectivity index (χ0) is 41.2. The molecule has 0 radical (unpaired) electrons. The van der Waals surface area contributed by atoms with Crippen molar-refractivity contribution in [1.82, 2.24) is 9.13 Å². The van der Waals surface area contributed by atoms with Crippen LogP contribution in [-0.4, -0.2) is 9.13 Å². The monoisotopic (exact) mass is 798 g/mol. The van der Waals surface area contributed by atoms with Gasteiger partial charge in [0.05, 0.1) is 38.9 Å². The second-order valence-corrected chi connectivity index (χ2v) is 17.1. The molecule has 12 aromatic rings. The number of rotatable bonds is 4. The van der Waals surface area contributed by atoms with Gasteiger partial charge >= 0.3 is 0 Å². The highest BCUT2D eigenvalue weighted by Gasteiger charge is 2.53. The van der Waals surface area contributed by atoms with Crippen molar-refractivity contribution in [2.75, 3.05) is 0 Å². The molecule has 0 saturated heterocycles. The zero-order valence-corrected chi connectivity index (χ0v) is 34.3. The van der Waals surface area contributed by atoms with Crippen LogP contribution in [0.3, 0.4) is 0 Å². The molecule has 0 fully saturated rings. The Bertz CT molecular complexity index is 3590. The minimum absolute atomic E-state index is 0.525. The summed E-state index contributed by atoms with van der Waals surface area (Å²) in [5.74, 6) is 0. The average Bonchev–Trinajstić information content (AvgIpc) is 4.06. The summed E-state index contributed by atoms with van der Waals surface area (Å²) in [6.07, 6.45) is 0. The maximum Gasteiger partial charge on any atom is 0.0727 e. The van der Waals surface area contributed by atoms with E-state index in [2.05, 4.69) is 240 Å². The number of nitrogens with zero attached hydrogens (tertiary/aromatic N) is 2. The molecule has 0 unspecified atom stereocenters. The molecule has 2 aliphatic rings. The Balaban J connectivity index is 1.05. The molecular formula is C61H38N2. The molecule has 0 N–H and O–H groups in total. The smallest absolute Gasteiger partial charge is 0.0727 e. The molecule has 14 rings (SSSR count). The highest BCUT2D eigenvalue weighted by molar-refractivity contribution is 6.13. The number of aromatic nitrogens is 2. The molecule has 0 atom stereocenters. The Kier molecular flexibility index (Phi) is 7.07. The van der Waals surface area contributed by atoms with Crippen LogP contribution >= 0.6 is 0 Å². The predicted octanol–water partition coefficient (Wildman–Crippen LogP) is 15.6. The molecule has 2 heteroatoms. The fraction of sp³-hybridized carbons (Fsp3) is 0.0164. The van der Waals surface area contributed by atoms with Crippen LogP contribution in [0.25, 0.3) is 99.5 Å². The van der Waals surface area contributed by atoms with Crippen molar-refractivity contribution in [3.63, 3.8) is 0 Å². The van der Waals surface area contributed by atoms with Gasteiger partial charge in [-0.25, -0.2) is 0 Å². The van der Waals surface area contributed by atoms with Crippen LogP contribution in [0.15, 0.2) is 231 Å². The maximum absolute atomic E-state index is 2.52. The standard InChI is InChI=1S/C61H38N2/c1-3-17-39(18-4-1)41-33-35-55-47(37-41)43-21-9-13-29-53(43)62(55)57-31-15-27-51-59(57)45-23-7-11-25-49(45)61(51)50-26-12-8-24-46(50)60-52(61)28-16-32-58(60)63-54-30-14-10-22-44(54)48-38-42(34-36-56(48)63)40-19-5-2-6-20-40/h1-38H. The van der Waals surface area contributed by atoms with Gasteiger partial charge in [0.15, 0.2) is 0 Å². The van der Waals surface area contributed by atoms with Gasteiger partial charge in [-0.15, -0.1) is 0 Å². The fourth-order valence-electron chi connectivity index (χ4n) is 11.7. The minimum Gasteiger partial charge on any atom is -0.309 e. The lowest BCUT2D eigenvalue weighted by atomic mass is 9.70. The summed E-state index contributed by atoms with van der Waals surface area (Å²) in [5.41, 5.74) is 22.1. The second-order valence-electron chi connectivity index (χ2n) is 17.1. The third kappa shape index (κ3) is 4.57. The lowest BCUT2D eigenvalue weighted by Crippen LogP contribution is -2.26. The molecular weight excluding hydrogens is 761 g/mol. The summed E-state index contributed by atoms with van der Waals surface area (Å²) in [5, 5.41) is 5.03. The summed E-state index contributed by atoms with van der Waals surface area (Å²) < 4.78 is 5.04. The Hall–Kier alpha value is -8.20. The van der Waals surface area contributed by atoms with Crippen molar-refractivity contribution < 1.29 is 0 Å². The van der Waals surface area contributed by atoms with E-state index < -0.39 is 5.41 Å². The van der Waals surface area contributed by atoms with Gasteiger partial charge in [-0.2, -0.15) is 0 Å². The Morgan fingerprint density at radius 3 is 1.11 bits per heavy atom. The van der Waals surface area contributed by atoms with Gasteiger partial charge in [0.2, 0.25) is 0 Å². The van der Waals surface area contributed by atoms with E-state index in [9.17, 15) is 0 Å². The molecule has 292 valence electrons. The minimum atomic E-state index is -0.525. The van der Waals surface area contributed by atoms with Crippen molar-refractivity contribution >= 4 is 43.6 Å². The van der Waals surface area contributed by atoms with Crippen LogP contribution in [0, 0.1) is 0 Å². The van der Waals surface area contributed by atoms with E-state index >= 15 is 0 Å². The van der Waals surface area contributed by atoms with Crippen LogP contribution in [0.2, 0.25) is 0 Å². The summed E-state index contributed by atoms with van der Waals surface area (Å²) in [6.45, 7) is 0. The highest BCUT2D eigenvalue weighted by Crippen LogP contribution is 2.64. The first kappa shape index (κ1) is 34.5. The van der Waals surface area contributed by atoms with Crippen LogP contribution in [0.4, 0.5) is 0 Å². The molecule has 0 bridgehead atoms. The van der Waals surface area contributed by atoms with Crippen molar-refractivity contribution in [3.05, 3.63) is 253 Å². The summed E-state index contributed by atoms with van der Waals surface area (Å²) in [6, 6.07) is 85.8. The zero-order valence-electron chi connectivity index (χ0n) is 34.3. The largest absolute Gasteiger partial charge is 0.309 e. The quantitative estimate of drug-likeness (QED) is 0.168. The number of hydrogen-bond donors (Lipinski definition) is 0. The van der Waals surface area contributed by atoms with Gasteiger partial charge in [-0.1, -0.05) is 182 Å². The molecule has 2 heterocycles. The van der Waals surface area contributed by atoms with E-state index in [0.717, 1.165) is 0 Å².